The largest absolute Gasteiger partial charge is 0.385 e. The smallest absolute Gasteiger partial charge is 0.170 e. The number of aliphatic hydroxyl groups is 2. The zero-order valence-corrected chi connectivity index (χ0v) is 8.18. The normalized spacial score (nSPS) is 13.7. The maximum atomic E-state index is 9.52. The van der Waals surface area contributed by atoms with Crippen molar-refractivity contribution in [3.05, 3.63) is 34.9 Å². The number of nitriles is 2. The maximum Gasteiger partial charge on any atom is 0.170 e. The quantitative estimate of drug-likeness (QED) is 0.694. The van der Waals surface area contributed by atoms with Crippen molar-refractivity contribution in [1.82, 2.24) is 0 Å². The van der Waals surface area contributed by atoms with Gasteiger partial charge in [0.1, 0.15) is 6.10 Å². The molecule has 2 atom stereocenters. The number of hydrogen-bond donors (Lipinski definition) is 2. The van der Waals surface area contributed by atoms with Gasteiger partial charge in [-0.15, -0.1) is 0 Å². The van der Waals surface area contributed by atoms with Gasteiger partial charge in [-0.25, -0.2) is 0 Å². The van der Waals surface area contributed by atoms with E-state index in [0.29, 0.717) is 11.1 Å². The summed E-state index contributed by atoms with van der Waals surface area (Å²) in [6, 6.07) is 8.24. The highest BCUT2D eigenvalue weighted by molar-refractivity contribution is 5.40. The maximum absolute atomic E-state index is 9.52. The molecule has 0 bridgehead atoms. The van der Waals surface area contributed by atoms with E-state index in [9.17, 15) is 5.11 Å². The molecule has 0 aliphatic carbocycles. The van der Waals surface area contributed by atoms with Crippen molar-refractivity contribution in [3.8, 4) is 12.1 Å². The third kappa shape index (κ3) is 2.32. The molecule has 0 heterocycles. The summed E-state index contributed by atoms with van der Waals surface area (Å²) in [6.07, 6.45) is -2.75. The Bertz CT molecular complexity index is 443. The van der Waals surface area contributed by atoms with Crippen LogP contribution in [0.4, 0.5) is 0 Å². The molecule has 2 unspecified atom stereocenters. The Morgan fingerprint density at radius 2 is 1.93 bits per heavy atom. The molecule has 1 aromatic rings. The van der Waals surface area contributed by atoms with Gasteiger partial charge in [-0.05, 0) is 24.1 Å². The van der Waals surface area contributed by atoms with E-state index in [1.807, 2.05) is 6.07 Å². The van der Waals surface area contributed by atoms with Crippen LogP contribution >= 0.6 is 0 Å². The van der Waals surface area contributed by atoms with Gasteiger partial charge in [0, 0.05) is 0 Å². The van der Waals surface area contributed by atoms with E-state index >= 15 is 0 Å². The minimum atomic E-state index is -1.47. The molecule has 0 aliphatic heterocycles. The first kappa shape index (κ1) is 11.2. The van der Waals surface area contributed by atoms with Crippen molar-refractivity contribution in [3.63, 3.8) is 0 Å². The molecule has 0 spiro atoms. The Labute approximate surface area is 87.6 Å². The van der Waals surface area contributed by atoms with Gasteiger partial charge in [0.05, 0.1) is 17.7 Å². The molecule has 1 aromatic carbocycles. The van der Waals surface area contributed by atoms with Gasteiger partial charge in [-0.2, -0.15) is 10.5 Å². The minimum Gasteiger partial charge on any atom is -0.385 e. The highest BCUT2D eigenvalue weighted by atomic mass is 16.3. The first-order chi connectivity index (χ1) is 7.10. The highest BCUT2D eigenvalue weighted by Crippen LogP contribution is 2.19. The molecule has 76 valence electrons. The molecular formula is C11H10N2O2. The van der Waals surface area contributed by atoms with Gasteiger partial charge in [0.15, 0.2) is 6.10 Å². The topological polar surface area (TPSA) is 88.0 Å². The Balaban J connectivity index is 3.08. The van der Waals surface area contributed by atoms with E-state index in [2.05, 4.69) is 0 Å². The van der Waals surface area contributed by atoms with Gasteiger partial charge in [0.2, 0.25) is 0 Å². The lowest BCUT2D eigenvalue weighted by Gasteiger charge is -2.12. The summed E-state index contributed by atoms with van der Waals surface area (Å²) in [5, 5.41) is 35.8. The standard InChI is InChI=1S/C11H10N2O2/c1-7-2-3-8(4-9(7)5-12)11(15)10(14)6-13/h2-4,10-11,14-15H,1H3. The summed E-state index contributed by atoms with van der Waals surface area (Å²) >= 11 is 0. The first-order valence-electron chi connectivity index (χ1n) is 4.36. The summed E-state index contributed by atoms with van der Waals surface area (Å²) in [5.41, 5.74) is 1.59. The molecule has 0 fully saturated rings. The summed E-state index contributed by atoms with van der Waals surface area (Å²) in [4.78, 5) is 0. The van der Waals surface area contributed by atoms with Gasteiger partial charge in [0.25, 0.3) is 0 Å². The van der Waals surface area contributed by atoms with Gasteiger partial charge in [-0.3, -0.25) is 0 Å². The molecule has 4 nitrogen and oxygen atoms in total. The second-order valence-corrected chi connectivity index (χ2v) is 3.20. The van der Waals surface area contributed by atoms with Crippen LogP contribution in [-0.4, -0.2) is 16.3 Å². The predicted molar refractivity (Wildman–Crippen MR) is 52.5 cm³/mol. The van der Waals surface area contributed by atoms with Crippen molar-refractivity contribution in [2.24, 2.45) is 0 Å². The van der Waals surface area contributed by atoms with E-state index in [4.69, 9.17) is 15.6 Å². The lowest BCUT2D eigenvalue weighted by Crippen LogP contribution is -2.15. The molecule has 0 saturated heterocycles. The Kier molecular flexibility index (Phi) is 3.41. The van der Waals surface area contributed by atoms with Gasteiger partial charge < -0.3 is 10.2 Å². The van der Waals surface area contributed by atoms with Gasteiger partial charge in [-0.1, -0.05) is 12.1 Å². The summed E-state index contributed by atoms with van der Waals surface area (Å²) in [5.74, 6) is 0. The Morgan fingerprint density at radius 1 is 1.27 bits per heavy atom. The van der Waals surface area contributed by atoms with Crippen LogP contribution in [-0.2, 0) is 0 Å². The molecule has 0 saturated carbocycles. The van der Waals surface area contributed by atoms with Crippen LogP contribution < -0.4 is 0 Å². The number of rotatable bonds is 2. The Hall–Kier alpha value is -1.88. The van der Waals surface area contributed by atoms with Crippen LogP contribution in [0.25, 0.3) is 0 Å². The van der Waals surface area contributed by atoms with Crippen LogP contribution in [0.15, 0.2) is 18.2 Å². The van der Waals surface area contributed by atoms with E-state index in [0.717, 1.165) is 5.56 Å². The SMILES string of the molecule is Cc1ccc(C(O)C(O)C#N)cc1C#N. The number of aliphatic hydroxyl groups excluding tert-OH is 2. The van der Waals surface area contributed by atoms with Gasteiger partial charge >= 0.3 is 0 Å². The number of benzene rings is 1. The minimum absolute atomic E-state index is 0.367. The zero-order chi connectivity index (χ0) is 11.4. The number of nitrogens with zero attached hydrogens (tertiary/aromatic N) is 2. The fourth-order valence-corrected chi connectivity index (χ4v) is 1.20. The highest BCUT2D eigenvalue weighted by Gasteiger charge is 2.18. The average Bonchev–Trinajstić information content (AvgIpc) is 2.27. The van der Waals surface area contributed by atoms with Crippen LogP contribution in [0, 0.1) is 29.6 Å². The third-order valence-corrected chi connectivity index (χ3v) is 2.15. The molecule has 2 N–H and O–H groups in total. The molecule has 0 aromatic heterocycles. The summed E-state index contributed by atoms with van der Waals surface area (Å²) in [7, 11) is 0. The lowest BCUT2D eigenvalue weighted by atomic mass is 10.00. The monoisotopic (exact) mass is 202 g/mol. The van der Waals surface area contributed by atoms with Crippen molar-refractivity contribution in [2.45, 2.75) is 19.1 Å². The second kappa shape index (κ2) is 4.56. The average molecular weight is 202 g/mol. The van der Waals surface area contributed by atoms with Crippen LogP contribution in [0.5, 0.6) is 0 Å². The fraction of sp³-hybridized carbons (Fsp3) is 0.273. The fourth-order valence-electron chi connectivity index (χ4n) is 1.20. The van der Waals surface area contributed by atoms with E-state index in [1.54, 1.807) is 19.1 Å². The molecule has 4 heteroatoms. The number of hydrogen-bond acceptors (Lipinski definition) is 4. The molecule has 15 heavy (non-hydrogen) atoms. The lowest BCUT2D eigenvalue weighted by molar-refractivity contribution is 0.0528. The molecule has 0 radical (unpaired) electrons. The molecular weight excluding hydrogens is 192 g/mol. The number of aryl methyl sites for hydroxylation is 1. The van der Waals surface area contributed by atoms with E-state index < -0.39 is 12.2 Å². The summed E-state index contributed by atoms with van der Waals surface area (Å²) in [6.45, 7) is 1.77. The van der Waals surface area contributed by atoms with Crippen molar-refractivity contribution in [1.29, 1.82) is 10.5 Å². The van der Waals surface area contributed by atoms with Crippen LogP contribution in [0.3, 0.4) is 0 Å². The van der Waals surface area contributed by atoms with Crippen LogP contribution in [0.2, 0.25) is 0 Å². The van der Waals surface area contributed by atoms with Crippen LogP contribution in [0.1, 0.15) is 22.8 Å². The third-order valence-electron chi connectivity index (χ3n) is 2.15. The van der Waals surface area contributed by atoms with Crippen molar-refractivity contribution >= 4 is 0 Å². The van der Waals surface area contributed by atoms with Crippen molar-refractivity contribution in [2.75, 3.05) is 0 Å². The van der Waals surface area contributed by atoms with Crippen molar-refractivity contribution < 1.29 is 10.2 Å². The molecule has 1 rings (SSSR count). The second-order valence-electron chi connectivity index (χ2n) is 3.20. The predicted octanol–water partition coefficient (Wildman–Crippen LogP) is 0.785. The zero-order valence-electron chi connectivity index (χ0n) is 8.18. The Morgan fingerprint density at radius 3 is 2.47 bits per heavy atom. The first-order valence-corrected chi connectivity index (χ1v) is 4.36. The molecule has 0 aliphatic rings. The molecule has 0 amide bonds. The van der Waals surface area contributed by atoms with E-state index in [-0.39, 0.29) is 0 Å². The van der Waals surface area contributed by atoms with E-state index in [1.165, 1.54) is 12.1 Å². The summed E-state index contributed by atoms with van der Waals surface area (Å²) < 4.78 is 0.